The molecule has 1 saturated heterocycles. The summed E-state index contributed by atoms with van der Waals surface area (Å²) < 4.78 is 42.0. The molecule has 0 spiro atoms. The normalized spacial score (nSPS) is 29.3. The number of hydrogen-bond donors (Lipinski definition) is 0. The molecule has 0 amide bonds. The predicted octanol–water partition coefficient (Wildman–Crippen LogP) is 1.32. The van der Waals surface area contributed by atoms with Crippen LogP contribution in [0.3, 0.4) is 0 Å². The lowest BCUT2D eigenvalue weighted by Gasteiger charge is -2.36. The van der Waals surface area contributed by atoms with Gasteiger partial charge in [0.1, 0.15) is 12.1 Å². The molecule has 0 radical (unpaired) electrons. The van der Waals surface area contributed by atoms with Crippen LogP contribution in [0, 0.1) is 0 Å². The second-order valence-electron chi connectivity index (χ2n) is 4.36. The van der Waals surface area contributed by atoms with Gasteiger partial charge < -0.3 is 14.2 Å². The van der Waals surface area contributed by atoms with Crippen molar-refractivity contribution in [2.24, 2.45) is 5.11 Å². The van der Waals surface area contributed by atoms with Crippen molar-refractivity contribution >= 4 is 16.3 Å². The molecule has 0 aromatic carbocycles. The van der Waals surface area contributed by atoms with Crippen molar-refractivity contribution in [2.75, 3.05) is 12.9 Å². The smallest absolute Gasteiger partial charge is 0.435 e. The molecule has 0 saturated carbocycles. The minimum atomic E-state index is -3.69. The Balaban J connectivity index is 2.79. The average molecular weight is 323 g/mol. The fourth-order valence-corrected chi connectivity index (χ4v) is 2.48. The van der Waals surface area contributed by atoms with E-state index in [4.69, 9.17) is 19.2 Å². The molecule has 0 aromatic heterocycles. The fourth-order valence-electron chi connectivity index (χ4n) is 1.79. The van der Waals surface area contributed by atoms with E-state index in [2.05, 4.69) is 14.8 Å². The molecule has 0 bridgehead atoms. The number of carbonyl (C=O) groups is 1. The lowest BCUT2D eigenvalue weighted by Crippen LogP contribution is -2.48. The van der Waals surface area contributed by atoms with E-state index in [-0.39, 0.29) is 13.0 Å². The molecule has 10 nitrogen and oxygen atoms in total. The molecule has 21 heavy (non-hydrogen) atoms. The summed E-state index contributed by atoms with van der Waals surface area (Å²) in [7, 11) is -3.69. The molecule has 0 N–H and O–H groups in total. The Morgan fingerprint density at radius 2 is 2.19 bits per heavy atom. The van der Waals surface area contributed by atoms with Crippen molar-refractivity contribution in [1.29, 1.82) is 0 Å². The third-order valence-corrected chi connectivity index (χ3v) is 3.23. The molecule has 0 unspecified atom stereocenters. The van der Waals surface area contributed by atoms with E-state index in [0.29, 0.717) is 0 Å². The topological polar surface area (TPSA) is 137 Å². The summed E-state index contributed by atoms with van der Waals surface area (Å²) in [6, 6.07) is -0.914. The minimum absolute atomic E-state index is 0.0301. The Labute approximate surface area is 122 Å². The van der Waals surface area contributed by atoms with Crippen LogP contribution in [0.2, 0.25) is 0 Å². The molecule has 4 atom stereocenters. The Morgan fingerprint density at radius 3 is 2.71 bits per heavy atom. The van der Waals surface area contributed by atoms with Gasteiger partial charge in [0.15, 0.2) is 0 Å². The Kier molecular flexibility index (Phi) is 6.21. The van der Waals surface area contributed by atoms with Crippen LogP contribution in [0.25, 0.3) is 10.4 Å². The lowest BCUT2D eigenvalue weighted by molar-refractivity contribution is -0.203. The van der Waals surface area contributed by atoms with Crippen molar-refractivity contribution in [1.82, 2.24) is 0 Å². The molecule has 1 heterocycles. The molecular formula is C10H17N3O7S. The number of ether oxygens (including phenoxy) is 3. The fraction of sp³-hybridized carbons (Fsp3) is 0.900. The van der Waals surface area contributed by atoms with Gasteiger partial charge in [0, 0.05) is 4.91 Å². The molecule has 1 fully saturated rings. The first kappa shape index (κ1) is 17.5. The molecule has 11 heteroatoms. The maximum atomic E-state index is 11.3. The van der Waals surface area contributed by atoms with Crippen LogP contribution in [0.4, 0.5) is 4.79 Å². The number of nitrogens with zero attached hydrogens (tertiary/aromatic N) is 3. The molecular weight excluding hydrogens is 306 g/mol. The second-order valence-corrected chi connectivity index (χ2v) is 5.96. The second kappa shape index (κ2) is 7.46. The zero-order chi connectivity index (χ0) is 16.0. The zero-order valence-corrected chi connectivity index (χ0v) is 12.6. The van der Waals surface area contributed by atoms with Gasteiger partial charge in [-0.3, -0.25) is 4.18 Å². The van der Waals surface area contributed by atoms with Crippen LogP contribution in [0.15, 0.2) is 5.11 Å². The van der Waals surface area contributed by atoms with Gasteiger partial charge in [-0.25, -0.2) is 4.79 Å². The molecule has 1 aliphatic rings. The summed E-state index contributed by atoms with van der Waals surface area (Å²) in [5.74, 6) is 0. The number of hydrogen-bond acceptors (Lipinski definition) is 8. The third kappa shape index (κ3) is 5.76. The number of rotatable bonds is 5. The maximum absolute atomic E-state index is 11.3. The first-order valence-corrected chi connectivity index (χ1v) is 7.99. The highest BCUT2D eigenvalue weighted by atomic mass is 32.2. The monoisotopic (exact) mass is 323 g/mol. The summed E-state index contributed by atoms with van der Waals surface area (Å²) in [6.45, 7) is 3.28. The highest BCUT2D eigenvalue weighted by Gasteiger charge is 2.40. The summed E-state index contributed by atoms with van der Waals surface area (Å²) >= 11 is 0. The van der Waals surface area contributed by atoms with Gasteiger partial charge in [-0.15, -0.1) is 0 Å². The van der Waals surface area contributed by atoms with Crippen LogP contribution in [0.1, 0.15) is 20.3 Å². The van der Waals surface area contributed by atoms with E-state index in [1.54, 1.807) is 13.8 Å². The van der Waals surface area contributed by atoms with Crippen molar-refractivity contribution in [3.63, 3.8) is 0 Å². The van der Waals surface area contributed by atoms with Gasteiger partial charge in [0.2, 0.25) is 6.29 Å². The minimum Gasteiger partial charge on any atom is -0.435 e. The number of carbonyl (C=O) groups excluding carboxylic acids is 1. The standard InChI is InChI=1S/C10H17N3O7S/c1-4-17-10(14)19-9-7(12-13-11)5-8(6(2)18-9)20-21(3,15)16/h6-9H,4-5H2,1-3H3/t6-,7+,8-,9-/m1/s1. The van der Waals surface area contributed by atoms with Gasteiger partial charge in [-0.2, -0.15) is 8.42 Å². The molecule has 120 valence electrons. The van der Waals surface area contributed by atoms with Gasteiger partial charge in [0.05, 0.1) is 19.0 Å². The van der Waals surface area contributed by atoms with Crippen LogP contribution in [-0.4, -0.2) is 52.0 Å². The van der Waals surface area contributed by atoms with Gasteiger partial charge in [-0.05, 0) is 25.8 Å². The Morgan fingerprint density at radius 1 is 1.52 bits per heavy atom. The highest BCUT2D eigenvalue weighted by molar-refractivity contribution is 7.86. The third-order valence-electron chi connectivity index (χ3n) is 2.63. The van der Waals surface area contributed by atoms with E-state index in [9.17, 15) is 13.2 Å². The molecule has 0 aromatic rings. The molecule has 1 rings (SSSR count). The Bertz CT molecular complexity index is 517. The molecule has 0 aliphatic carbocycles. The summed E-state index contributed by atoms with van der Waals surface area (Å²) in [6.07, 6.45) is -2.70. The van der Waals surface area contributed by atoms with E-state index in [0.717, 1.165) is 6.26 Å². The highest BCUT2D eigenvalue weighted by Crippen LogP contribution is 2.27. The predicted molar refractivity (Wildman–Crippen MR) is 69.7 cm³/mol. The molecule has 1 aliphatic heterocycles. The van der Waals surface area contributed by atoms with Crippen LogP contribution in [0.5, 0.6) is 0 Å². The van der Waals surface area contributed by atoms with Crippen molar-refractivity contribution < 1.29 is 31.6 Å². The quantitative estimate of drug-likeness (QED) is 0.244. The SMILES string of the molecule is CCOC(=O)O[C@H]1O[C@H](C)[C@H](OS(C)(=O)=O)C[C@@H]1N=[N+]=[N-]. The van der Waals surface area contributed by atoms with Gasteiger partial charge in [-0.1, -0.05) is 5.11 Å². The zero-order valence-electron chi connectivity index (χ0n) is 11.8. The Hall–Kier alpha value is -1.55. The summed E-state index contributed by atoms with van der Waals surface area (Å²) in [4.78, 5) is 13.9. The first-order valence-electron chi connectivity index (χ1n) is 6.18. The lowest BCUT2D eigenvalue weighted by atomic mass is 10.0. The maximum Gasteiger partial charge on any atom is 0.510 e. The number of azide groups is 1. The van der Waals surface area contributed by atoms with E-state index < -0.39 is 40.8 Å². The summed E-state index contributed by atoms with van der Waals surface area (Å²) in [5, 5.41) is 3.44. The van der Waals surface area contributed by atoms with E-state index >= 15 is 0 Å². The van der Waals surface area contributed by atoms with Crippen molar-refractivity contribution in [3.8, 4) is 0 Å². The van der Waals surface area contributed by atoms with Crippen molar-refractivity contribution in [3.05, 3.63) is 10.4 Å². The van der Waals surface area contributed by atoms with E-state index in [1.165, 1.54) is 0 Å². The largest absolute Gasteiger partial charge is 0.510 e. The average Bonchev–Trinajstić information content (AvgIpc) is 2.33. The van der Waals surface area contributed by atoms with Crippen LogP contribution in [-0.2, 0) is 28.5 Å². The van der Waals surface area contributed by atoms with Gasteiger partial charge in [0.25, 0.3) is 10.1 Å². The van der Waals surface area contributed by atoms with Gasteiger partial charge >= 0.3 is 6.16 Å². The van der Waals surface area contributed by atoms with E-state index in [1.807, 2.05) is 0 Å². The van der Waals surface area contributed by atoms with Crippen LogP contribution >= 0.6 is 0 Å². The van der Waals surface area contributed by atoms with Crippen LogP contribution < -0.4 is 0 Å². The van der Waals surface area contributed by atoms with Crippen molar-refractivity contribution in [2.45, 2.75) is 44.8 Å². The first-order chi connectivity index (χ1) is 9.76. The summed E-state index contributed by atoms with van der Waals surface area (Å²) in [5.41, 5.74) is 8.53.